The molecule has 1 amide bonds. The summed E-state index contributed by atoms with van der Waals surface area (Å²) in [6.45, 7) is 0.870. The van der Waals surface area contributed by atoms with Gasteiger partial charge < -0.3 is 15.7 Å². The van der Waals surface area contributed by atoms with Gasteiger partial charge in [0, 0.05) is 13.1 Å². The molecule has 1 aromatic heterocycles. The first kappa shape index (κ1) is 11.2. The Hall–Kier alpha value is -1.33. The summed E-state index contributed by atoms with van der Waals surface area (Å²) in [5.41, 5.74) is 6.23. The van der Waals surface area contributed by atoms with Crippen LogP contribution in [0.3, 0.4) is 0 Å². The van der Waals surface area contributed by atoms with E-state index in [1.807, 2.05) is 0 Å². The molecule has 0 aromatic carbocycles. The van der Waals surface area contributed by atoms with Gasteiger partial charge in [0.25, 0.3) is 5.91 Å². The monoisotopic (exact) mass is 241 g/mol. The fourth-order valence-corrected chi connectivity index (χ4v) is 1.90. The van der Waals surface area contributed by atoms with Gasteiger partial charge in [0.2, 0.25) is 0 Å². The van der Waals surface area contributed by atoms with Gasteiger partial charge >= 0.3 is 0 Å². The van der Waals surface area contributed by atoms with E-state index in [1.54, 1.807) is 4.90 Å². The van der Waals surface area contributed by atoms with Crippen LogP contribution >= 0.6 is 11.6 Å². The zero-order chi connectivity index (χ0) is 11.7. The molecule has 1 saturated heterocycles. The van der Waals surface area contributed by atoms with Crippen LogP contribution in [0.2, 0.25) is 5.15 Å². The van der Waals surface area contributed by atoms with Gasteiger partial charge in [-0.05, 0) is 12.5 Å². The first-order valence-electron chi connectivity index (χ1n) is 4.96. The van der Waals surface area contributed by atoms with Crippen LogP contribution in [0.4, 0.5) is 5.69 Å². The molecule has 1 atom stereocenters. The number of hydrogen-bond acceptors (Lipinski definition) is 4. The second kappa shape index (κ2) is 4.27. The number of nitrogen functional groups attached to an aromatic ring is 1. The number of pyridine rings is 1. The third kappa shape index (κ3) is 2.10. The van der Waals surface area contributed by atoms with Crippen LogP contribution in [0.25, 0.3) is 0 Å². The molecule has 0 spiro atoms. The maximum Gasteiger partial charge on any atom is 0.257 e. The van der Waals surface area contributed by atoms with Crippen molar-refractivity contribution in [2.75, 3.05) is 18.8 Å². The van der Waals surface area contributed by atoms with E-state index in [1.165, 1.54) is 12.3 Å². The van der Waals surface area contributed by atoms with Gasteiger partial charge in [-0.3, -0.25) is 4.79 Å². The normalized spacial score (nSPS) is 20.1. The number of aliphatic hydroxyl groups excluding tert-OH is 1. The Balaban J connectivity index is 2.23. The largest absolute Gasteiger partial charge is 0.397 e. The van der Waals surface area contributed by atoms with E-state index in [9.17, 15) is 9.90 Å². The van der Waals surface area contributed by atoms with Gasteiger partial charge in [-0.1, -0.05) is 11.6 Å². The van der Waals surface area contributed by atoms with Crippen molar-refractivity contribution in [3.8, 4) is 0 Å². The van der Waals surface area contributed by atoms with E-state index in [-0.39, 0.29) is 16.6 Å². The van der Waals surface area contributed by atoms with E-state index in [0.29, 0.717) is 25.2 Å². The number of β-amino-alcohol motifs (C(OH)–C–C–N with tert-alkyl or cyclic N) is 1. The molecule has 2 heterocycles. The number of anilines is 1. The van der Waals surface area contributed by atoms with Crippen LogP contribution < -0.4 is 5.73 Å². The Morgan fingerprint density at radius 3 is 3.06 bits per heavy atom. The lowest BCUT2D eigenvalue weighted by Crippen LogP contribution is -2.30. The highest BCUT2D eigenvalue weighted by Gasteiger charge is 2.26. The van der Waals surface area contributed by atoms with E-state index < -0.39 is 6.10 Å². The number of nitrogens with two attached hydrogens (primary N) is 1. The molecular weight excluding hydrogens is 230 g/mol. The number of aliphatic hydroxyl groups is 1. The van der Waals surface area contributed by atoms with Crippen molar-refractivity contribution in [3.05, 3.63) is 23.0 Å². The summed E-state index contributed by atoms with van der Waals surface area (Å²) in [4.78, 5) is 17.4. The van der Waals surface area contributed by atoms with Crippen molar-refractivity contribution >= 4 is 23.2 Å². The molecule has 6 heteroatoms. The van der Waals surface area contributed by atoms with E-state index in [4.69, 9.17) is 17.3 Å². The molecule has 0 aliphatic carbocycles. The lowest BCUT2D eigenvalue weighted by molar-refractivity contribution is 0.0765. The molecule has 3 N–H and O–H groups in total. The Labute approximate surface area is 97.8 Å². The van der Waals surface area contributed by atoms with Gasteiger partial charge in [-0.15, -0.1) is 0 Å². The van der Waals surface area contributed by atoms with Gasteiger partial charge in [0.05, 0.1) is 23.6 Å². The summed E-state index contributed by atoms with van der Waals surface area (Å²) in [7, 11) is 0. The second-order valence-electron chi connectivity index (χ2n) is 3.80. The number of carbonyl (C=O) groups excluding carboxylic acids is 1. The number of aromatic nitrogens is 1. The lowest BCUT2D eigenvalue weighted by atomic mass is 10.2. The quantitative estimate of drug-likeness (QED) is 0.703. The molecule has 1 aliphatic rings. The minimum atomic E-state index is -0.447. The fourth-order valence-electron chi connectivity index (χ4n) is 1.71. The number of hydrogen-bond donors (Lipinski definition) is 2. The number of amides is 1. The first-order valence-corrected chi connectivity index (χ1v) is 5.34. The van der Waals surface area contributed by atoms with Crippen LogP contribution in [-0.2, 0) is 0 Å². The van der Waals surface area contributed by atoms with Crippen molar-refractivity contribution in [1.29, 1.82) is 0 Å². The zero-order valence-electron chi connectivity index (χ0n) is 8.56. The predicted octanol–water partition coefficient (Wildman–Crippen LogP) is 0.524. The molecule has 1 aliphatic heterocycles. The Bertz CT molecular complexity index is 425. The number of nitrogens with zero attached hydrogens (tertiary/aromatic N) is 2. The maximum atomic E-state index is 12.0. The van der Waals surface area contributed by atoms with Crippen LogP contribution in [-0.4, -0.2) is 40.1 Å². The average molecular weight is 242 g/mol. The molecule has 0 saturated carbocycles. The summed E-state index contributed by atoms with van der Waals surface area (Å²) in [6, 6.07) is 1.50. The Morgan fingerprint density at radius 1 is 1.69 bits per heavy atom. The molecule has 0 bridgehead atoms. The van der Waals surface area contributed by atoms with Crippen LogP contribution in [0, 0.1) is 0 Å². The second-order valence-corrected chi connectivity index (χ2v) is 4.16. The van der Waals surface area contributed by atoms with Crippen LogP contribution in [0.5, 0.6) is 0 Å². The summed E-state index contributed by atoms with van der Waals surface area (Å²) in [6.07, 6.45) is 1.55. The third-order valence-corrected chi connectivity index (χ3v) is 2.84. The van der Waals surface area contributed by atoms with E-state index >= 15 is 0 Å². The Morgan fingerprint density at radius 2 is 2.44 bits per heavy atom. The predicted molar refractivity (Wildman–Crippen MR) is 60.2 cm³/mol. The van der Waals surface area contributed by atoms with Gasteiger partial charge in [0.15, 0.2) is 0 Å². The average Bonchev–Trinajstić information content (AvgIpc) is 2.67. The highest BCUT2D eigenvalue weighted by molar-refractivity contribution is 6.32. The molecule has 16 heavy (non-hydrogen) atoms. The maximum absolute atomic E-state index is 12.0. The first-order chi connectivity index (χ1) is 7.58. The minimum Gasteiger partial charge on any atom is -0.397 e. The summed E-state index contributed by atoms with van der Waals surface area (Å²) in [5.74, 6) is -0.235. The summed E-state index contributed by atoms with van der Waals surface area (Å²) < 4.78 is 0. The molecule has 86 valence electrons. The van der Waals surface area contributed by atoms with Gasteiger partial charge in [-0.25, -0.2) is 4.98 Å². The van der Waals surface area contributed by atoms with Crippen molar-refractivity contribution in [2.45, 2.75) is 12.5 Å². The summed E-state index contributed by atoms with van der Waals surface area (Å²) in [5, 5.41) is 9.49. The molecule has 0 unspecified atom stereocenters. The summed E-state index contributed by atoms with van der Waals surface area (Å²) >= 11 is 5.83. The standard InChI is InChI=1S/C10H12ClN3O2/c11-9-8(3-6(12)4-13-9)10(16)14-2-1-7(15)5-14/h3-4,7,15H,1-2,5,12H2/t7-/m1/s1. The van der Waals surface area contributed by atoms with E-state index in [2.05, 4.69) is 4.98 Å². The highest BCUT2D eigenvalue weighted by atomic mass is 35.5. The van der Waals surface area contributed by atoms with Crippen molar-refractivity contribution in [3.63, 3.8) is 0 Å². The number of carbonyl (C=O) groups is 1. The SMILES string of the molecule is Nc1cnc(Cl)c(C(=O)N2CC[C@@H](O)C2)c1. The van der Waals surface area contributed by atoms with Gasteiger partial charge in [-0.2, -0.15) is 0 Å². The molecule has 5 nitrogen and oxygen atoms in total. The zero-order valence-corrected chi connectivity index (χ0v) is 9.31. The van der Waals surface area contributed by atoms with Crippen LogP contribution in [0.1, 0.15) is 16.8 Å². The number of likely N-dealkylation sites (tertiary alicyclic amines) is 1. The minimum absolute atomic E-state index is 0.139. The number of rotatable bonds is 1. The molecule has 2 rings (SSSR count). The van der Waals surface area contributed by atoms with Crippen LogP contribution in [0.15, 0.2) is 12.3 Å². The topological polar surface area (TPSA) is 79.5 Å². The van der Waals surface area contributed by atoms with Gasteiger partial charge in [0.1, 0.15) is 5.15 Å². The molecular formula is C10H12ClN3O2. The molecule has 1 aromatic rings. The molecule has 0 radical (unpaired) electrons. The van der Waals surface area contributed by atoms with Crippen molar-refractivity contribution in [2.24, 2.45) is 0 Å². The van der Waals surface area contributed by atoms with E-state index in [0.717, 1.165) is 0 Å². The lowest BCUT2D eigenvalue weighted by Gasteiger charge is -2.16. The Kier molecular flexibility index (Phi) is 2.98. The van der Waals surface area contributed by atoms with Crippen molar-refractivity contribution < 1.29 is 9.90 Å². The smallest absolute Gasteiger partial charge is 0.257 e. The van der Waals surface area contributed by atoms with Crippen molar-refractivity contribution in [1.82, 2.24) is 9.88 Å². The molecule has 1 fully saturated rings. The third-order valence-electron chi connectivity index (χ3n) is 2.54. The number of halogens is 1. The highest BCUT2D eigenvalue weighted by Crippen LogP contribution is 2.20. The fraction of sp³-hybridized carbons (Fsp3) is 0.400.